The van der Waals surface area contributed by atoms with Crippen molar-refractivity contribution in [1.82, 2.24) is 15.0 Å². The van der Waals surface area contributed by atoms with E-state index >= 15 is 0 Å². The van der Waals surface area contributed by atoms with Crippen LogP contribution in [0.2, 0.25) is 0 Å². The first-order chi connectivity index (χ1) is 10.7. The summed E-state index contributed by atoms with van der Waals surface area (Å²) in [6, 6.07) is 16.1. The fourth-order valence-corrected chi connectivity index (χ4v) is 2.43. The van der Waals surface area contributed by atoms with Crippen LogP contribution in [0.3, 0.4) is 0 Å². The molecule has 22 heavy (non-hydrogen) atoms. The van der Waals surface area contributed by atoms with Crippen LogP contribution < -0.4 is 0 Å². The van der Waals surface area contributed by atoms with Crippen molar-refractivity contribution in [2.24, 2.45) is 0 Å². The number of hydrogen-bond acceptors (Lipinski definition) is 3. The highest BCUT2D eigenvalue weighted by molar-refractivity contribution is 5.60. The van der Waals surface area contributed by atoms with Gasteiger partial charge in [0, 0.05) is 5.56 Å². The maximum absolute atomic E-state index is 9.21. The first-order valence-electron chi connectivity index (χ1n) is 7.13. The van der Waals surface area contributed by atoms with Crippen molar-refractivity contribution in [1.29, 1.82) is 5.26 Å². The van der Waals surface area contributed by atoms with Crippen molar-refractivity contribution < 1.29 is 0 Å². The molecule has 0 saturated carbocycles. The fourth-order valence-electron chi connectivity index (χ4n) is 2.43. The van der Waals surface area contributed by atoms with Gasteiger partial charge in [0.1, 0.15) is 0 Å². The van der Waals surface area contributed by atoms with Crippen molar-refractivity contribution >= 4 is 0 Å². The van der Waals surface area contributed by atoms with Gasteiger partial charge in [-0.1, -0.05) is 35.5 Å². The van der Waals surface area contributed by atoms with Crippen LogP contribution in [0.25, 0.3) is 11.3 Å². The molecular formula is C18H16N4. The average molecular weight is 288 g/mol. The van der Waals surface area contributed by atoms with Crippen LogP contribution in [0, 0.1) is 25.2 Å². The zero-order valence-electron chi connectivity index (χ0n) is 12.6. The molecule has 0 unspecified atom stereocenters. The van der Waals surface area contributed by atoms with E-state index in [0.717, 1.165) is 16.8 Å². The van der Waals surface area contributed by atoms with E-state index in [1.54, 1.807) is 6.20 Å². The molecule has 0 aliphatic rings. The minimum atomic E-state index is 0.534. The van der Waals surface area contributed by atoms with Gasteiger partial charge in [0.2, 0.25) is 0 Å². The maximum atomic E-state index is 9.21. The van der Waals surface area contributed by atoms with Crippen molar-refractivity contribution in [2.75, 3.05) is 0 Å². The number of benzene rings is 2. The molecule has 0 fully saturated rings. The predicted octanol–water partition coefficient (Wildman–Crippen LogP) is 3.48. The first kappa shape index (κ1) is 14.0. The molecule has 1 heterocycles. The van der Waals surface area contributed by atoms with Crippen LogP contribution >= 0.6 is 0 Å². The van der Waals surface area contributed by atoms with E-state index in [2.05, 4.69) is 48.4 Å². The Kier molecular flexibility index (Phi) is 3.71. The third-order valence-corrected chi connectivity index (χ3v) is 3.88. The van der Waals surface area contributed by atoms with Gasteiger partial charge in [-0.3, -0.25) is 0 Å². The third-order valence-electron chi connectivity index (χ3n) is 3.88. The topological polar surface area (TPSA) is 54.5 Å². The smallest absolute Gasteiger partial charge is 0.0995 e. The number of aryl methyl sites for hydroxylation is 2. The number of nitrogens with zero attached hydrogens (tertiary/aromatic N) is 4. The second kappa shape index (κ2) is 5.82. The van der Waals surface area contributed by atoms with Crippen LogP contribution in [0.15, 0.2) is 48.7 Å². The van der Waals surface area contributed by atoms with Gasteiger partial charge in [0.15, 0.2) is 0 Å². The van der Waals surface area contributed by atoms with Gasteiger partial charge in [0.05, 0.1) is 30.1 Å². The first-order valence-corrected chi connectivity index (χ1v) is 7.13. The van der Waals surface area contributed by atoms with Gasteiger partial charge < -0.3 is 0 Å². The highest BCUT2D eigenvalue weighted by atomic mass is 15.4. The zero-order valence-corrected chi connectivity index (χ0v) is 12.6. The molecule has 0 atom stereocenters. The molecule has 0 radical (unpaired) electrons. The van der Waals surface area contributed by atoms with Gasteiger partial charge in [0.25, 0.3) is 0 Å². The van der Waals surface area contributed by atoms with Crippen LogP contribution in [-0.4, -0.2) is 15.0 Å². The van der Waals surface area contributed by atoms with Gasteiger partial charge in [-0.2, -0.15) is 5.26 Å². The van der Waals surface area contributed by atoms with Crippen molar-refractivity contribution in [3.63, 3.8) is 0 Å². The molecular weight excluding hydrogens is 272 g/mol. The molecule has 0 N–H and O–H groups in total. The SMILES string of the molecule is Cc1ccc(-c2cnnn2Cc2ccccc2C#N)cc1C. The Morgan fingerprint density at radius 3 is 2.68 bits per heavy atom. The van der Waals surface area contributed by atoms with Crippen molar-refractivity contribution in [2.45, 2.75) is 20.4 Å². The molecule has 0 bridgehead atoms. The van der Waals surface area contributed by atoms with Crippen LogP contribution in [0.1, 0.15) is 22.3 Å². The second-order valence-electron chi connectivity index (χ2n) is 5.34. The number of nitriles is 1. The summed E-state index contributed by atoms with van der Waals surface area (Å²) in [4.78, 5) is 0. The van der Waals surface area contributed by atoms with E-state index in [9.17, 15) is 5.26 Å². The van der Waals surface area contributed by atoms with E-state index in [-0.39, 0.29) is 0 Å². The normalized spacial score (nSPS) is 10.4. The Morgan fingerprint density at radius 2 is 1.91 bits per heavy atom. The highest BCUT2D eigenvalue weighted by Crippen LogP contribution is 2.22. The highest BCUT2D eigenvalue weighted by Gasteiger charge is 2.10. The molecule has 4 nitrogen and oxygen atoms in total. The lowest BCUT2D eigenvalue weighted by molar-refractivity contribution is 0.654. The molecule has 0 aliphatic carbocycles. The molecule has 0 aliphatic heterocycles. The van der Waals surface area contributed by atoms with Gasteiger partial charge >= 0.3 is 0 Å². The molecule has 1 aromatic heterocycles. The standard InChI is InChI=1S/C18H16N4/c1-13-7-8-15(9-14(13)2)18-11-20-21-22(18)12-17-6-4-3-5-16(17)10-19/h3-9,11H,12H2,1-2H3. The quantitative estimate of drug-likeness (QED) is 0.741. The van der Waals surface area contributed by atoms with E-state index in [1.165, 1.54) is 11.1 Å². The van der Waals surface area contributed by atoms with E-state index < -0.39 is 0 Å². The lowest BCUT2D eigenvalue weighted by Crippen LogP contribution is -2.05. The summed E-state index contributed by atoms with van der Waals surface area (Å²) in [5, 5.41) is 17.4. The molecule has 108 valence electrons. The molecule has 2 aromatic carbocycles. The largest absolute Gasteiger partial charge is 0.240 e. The number of hydrogen-bond donors (Lipinski definition) is 0. The summed E-state index contributed by atoms with van der Waals surface area (Å²) in [6.45, 7) is 4.72. The third kappa shape index (κ3) is 2.61. The second-order valence-corrected chi connectivity index (χ2v) is 5.34. The van der Waals surface area contributed by atoms with Crippen molar-refractivity contribution in [3.05, 3.63) is 70.9 Å². The van der Waals surface area contributed by atoms with Crippen LogP contribution in [0.5, 0.6) is 0 Å². The summed E-state index contributed by atoms with van der Waals surface area (Å²) in [5.74, 6) is 0. The summed E-state index contributed by atoms with van der Waals surface area (Å²) in [7, 11) is 0. The number of aromatic nitrogens is 3. The summed E-state index contributed by atoms with van der Waals surface area (Å²) < 4.78 is 1.83. The zero-order chi connectivity index (χ0) is 15.5. The Labute approximate surface area is 129 Å². The molecule has 3 rings (SSSR count). The number of rotatable bonds is 3. The molecule has 3 aromatic rings. The van der Waals surface area contributed by atoms with Crippen LogP contribution in [0.4, 0.5) is 0 Å². The van der Waals surface area contributed by atoms with Gasteiger partial charge in [-0.15, -0.1) is 5.10 Å². The summed E-state index contributed by atoms with van der Waals surface area (Å²) in [5.41, 5.74) is 6.16. The van der Waals surface area contributed by atoms with Crippen molar-refractivity contribution in [3.8, 4) is 17.3 Å². The average Bonchev–Trinajstić information content (AvgIpc) is 2.99. The minimum Gasteiger partial charge on any atom is -0.240 e. The predicted molar refractivity (Wildman–Crippen MR) is 85.2 cm³/mol. The minimum absolute atomic E-state index is 0.534. The maximum Gasteiger partial charge on any atom is 0.0995 e. The Balaban J connectivity index is 1.99. The summed E-state index contributed by atoms with van der Waals surface area (Å²) >= 11 is 0. The monoisotopic (exact) mass is 288 g/mol. The Hall–Kier alpha value is -2.93. The lowest BCUT2D eigenvalue weighted by Gasteiger charge is -2.09. The fraction of sp³-hybridized carbons (Fsp3) is 0.167. The lowest BCUT2D eigenvalue weighted by atomic mass is 10.0. The van der Waals surface area contributed by atoms with E-state index in [1.807, 2.05) is 28.9 Å². The van der Waals surface area contributed by atoms with E-state index in [4.69, 9.17) is 0 Å². The summed E-state index contributed by atoms with van der Waals surface area (Å²) in [6.07, 6.45) is 1.76. The Morgan fingerprint density at radius 1 is 1.09 bits per heavy atom. The van der Waals surface area contributed by atoms with Crippen LogP contribution in [-0.2, 0) is 6.54 Å². The molecule has 0 saturated heterocycles. The van der Waals surface area contributed by atoms with Gasteiger partial charge in [-0.25, -0.2) is 4.68 Å². The Bertz CT molecular complexity index is 856. The van der Waals surface area contributed by atoms with E-state index in [0.29, 0.717) is 12.1 Å². The molecule has 0 spiro atoms. The molecule has 4 heteroatoms. The van der Waals surface area contributed by atoms with Gasteiger partial charge in [-0.05, 0) is 42.7 Å². The molecule has 0 amide bonds.